The quantitative estimate of drug-likeness (QED) is 0.694. The van der Waals surface area contributed by atoms with Gasteiger partial charge in [0.2, 0.25) is 0 Å². The number of hydrogen-bond donors (Lipinski definition) is 2. The topological polar surface area (TPSA) is 49.5 Å². The van der Waals surface area contributed by atoms with Gasteiger partial charge in [0.05, 0.1) is 5.60 Å². The Hall–Kier alpha value is -0.120. The molecule has 2 fully saturated rings. The third-order valence-electron chi connectivity index (χ3n) is 3.72. The van der Waals surface area contributed by atoms with Crippen LogP contribution in [-0.2, 0) is 0 Å². The lowest BCUT2D eigenvalue weighted by Gasteiger charge is -2.24. The summed E-state index contributed by atoms with van der Waals surface area (Å²) in [7, 11) is 0. The number of aliphatic hydroxyl groups is 1. The normalized spacial score (nSPS) is 36.2. The zero-order valence-corrected chi connectivity index (χ0v) is 9.13. The first-order valence-corrected chi connectivity index (χ1v) is 5.70. The highest BCUT2D eigenvalue weighted by Gasteiger charge is 2.45. The smallest absolute Gasteiger partial charge is 0.0758 e. The van der Waals surface area contributed by atoms with E-state index in [1.165, 1.54) is 12.8 Å². The second-order valence-electron chi connectivity index (χ2n) is 5.50. The van der Waals surface area contributed by atoms with Gasteiger partial charge in [0.25, 0.3) is 0 Å². The standard InChI is InChI=1S/C11H22N2O/c1-10(14)5-7-13(8-10)9-11(2-3-11)4-6-12/h14H,2-9,12H2,1H3. The second kappa shape index (κ2) is 3.47. The maximum atomic E-state index is 9.85. The average molecular weight is 198 g/mol. The summed E-state index contributed by atoms with van der Waals surface area (Å²) in [4.78, 5) is 2.41. The molecule has 0 radical (unpaired) electrons. The van der Waals surface area contributed by atoms with E-state index in [-0.39, 0.29) is 0 Å². The summed E-state index contributed by atoms with van der Waals surface area (Å²) in [5, 5.41) is 9.85. The van der Waals surface area contributed by atoms with Crippen molar-refractivity contribution >= 4 is 0 Å². The highest BCUT2D eigenvalue weighted by atomic mass is 16.3. The molecule has 0 aromatic heterocycles. The van der Waals surface area contributed by atoms with Gasteiger partial charge in [-0.3, -0.25) is 4.90 Å². The van der Waals surface area contributed by atoms with E-state index in [1.54, 1.807) is 0 Å². The molecule has 0 spiro atoms. The summed E-state index contributed by atoms with van der Waals surface area (Å²) >= 11 is 0. The van der Waals surface area contributed by atoms with Crippen LogP contribution in [0.1, 0.15) is 32.6 Å². The van der Waals surface area contributed by atoms with Crippen LogP contribution in [-0.4, -0.2) is 41.8 Å². The van der Waals surface area contributed by atoms with E-state index >= 15 is 0 Å². The van der Waals surface area contributed by atoms with Crippen LogP contribution in [0.15, 0.2) is 0 Å². The number of β-amino-alcohol motifs (C(OH)–C–C–N with tert-alkyl or cyclic N) is 1. The van der Waals surface area contributed by atoms with Gasteiger partial charge in [0.1, 0.15) is 0 Å². The monoisotopic (exact) mass is 198 g/mol. The maximum Gasteiger partial charge on any atom is 0.0758 e. The molecule has 3 N–H and O–H groups in total. The van der Waals surface area contributed by atoms with Crippen LogP contribution in [0.4, 0.5) is 0 Å². The van der Waals surface area contributed by atoms with Crippen LogP contribution >= 0.6 is 0 Å². The van der Waals surface area contributed by atoms with Crippen molar-refractivity contribution in [3.63, 3.8) is 0 Å². The van der Waals surface area contributed by atoms with Crippen LogP contribution in [0.25, 0.3) is 0 Å². The third kappa shape index (κ3) is 2.27. The number of likely N-dealkylation sites (tertiary alicyclic amines) is 1. The van der Waals surface area contributed by atoms with Gasteiger partial charge in [-0.05, 0) is 44.6 Å². The molecule has 1 saturated carbocycles. The molecule has 3 heteroatoms. The van der Waals surface area contributed by atoms with E-state index < -0.39 is 5.60 Å². The highest BCUT2D eigenvalue weighted by Crippen LogP contribution is 2.49. The van der Waals surface area contributed by atoms with E-state index in [0.717, 1.165) is 39.0 Å². The van der Waals surface area contributed by atoms with Crippen molar-refractivity contribution in [2.24, 2.45) is 11.1 Å². The highest BCUT2D eigenvalue weighted by molar-refractivity contribution is 4.98. The first-order chi connectivity index (χ1) is 6.55. The minimum atomic E-state index is -0.446. The van der Waals surface area contributed by atoms with Gasteiger partial charge in [-0.2, -0.15) is 0 Å². The average Bonchev–Trinajstić information content (AvgIpc) is 2.73. The van der Waals surface area contributed by atoms with Crippen LogP contribution in [0.5, 0.6) is 0 Å². The van der Waals surface area contributed by atoms with E-state index in [0.29, 0.717) is 5.41 Å². The van der Waals surface area contributed by atoms with Gasteiger partial charge in [-0.1, -0.05) is 0 Å². The van der Waals surface area contributed by atoms with E-state index in [2.05, 4.69) is 4.90 Å². The Morgan fingerprint density at radius 3 is 2.50 bits per heavy atom. The van der Waals surface area contributed by atoms with E-state index in [4.69, 9.17) is 5.73 Å². The summed E-state index contributed by atoms with van der Waals surface area (Å²) < 4.78 is 0. The van der Waals surface area contributed by atoms with Crippen LogP contribution < -0.4 is 5.73 Å². The predicted octanol–water partition coefficient (Wildman–Crippen LogP) is 0.572. The molecule has 0 bridgehead atoms. The molecule has 2 rings (SSSR count). The molecular formula is C11H22N2O. The molecule has 1 aliphatic heterocycles. The molecule has 2 aliphatic rings. The van der Waals surface area contributed by atoms with Crippen molar-refractivity contribution < 1.29 is 5.11 Å². The molecule has 1 atom stereocenters. The Kier molecular flexibility index (Phi) is 2.58. The largest absolute Gasteiger partial charge is 0.389 e. The number of rotatable bonds is 4. The van der Waals surface area contributed by atoms with Crippen molar-refractivity contribution in [2.45, 2.75) is 38.2 Å². The molecule has 3 nitrogen and oxygen atoms in total. The Bertz CT molecular complexity index is 211. The van der Waals surface area contributed by atoms with Crippen molar-refractivity contribution in [2.75, 3.05) is 26.2 Å². The number of nitrogens with two attached hydrogens (primary N) is 1. The maximum absolute atomic E-state index is 9.85. The molecule has 1 heterocycles. The Labute approximate surface area is 86.3 Å². The van der Waals surface area contributed by atoms with Gasteiger partial charge >= 0.3 is 0 Å². The summed E-state index contributed by atoms with van der Waals surface area (Å²) in [6.07, 6.45) is 4.75. The molecule has 14 heavy (non-hydrogen) atoms. The molecule has 0 aromatic rings. The fraction of sp³-hybridized carbons (Fsp3) is 1.00. The van der Waals surface area contributed by atoms with Gasteiger partial charge in [0.15, 0.2) is 0 Å². The first-order valence-electron chi connectivity index (χ1n) is 5.70. The molecule has 1 aliphatic carbocycles. The lowest BCUT2D eigenvalue weighted by Crippen LogP contribution is -2.34. The van der Waals surface area contributed by atoms with Gasteiger partial charge in [-0.15, -0.1) is 0 Å². The van der Waals surface area contributed by atoms with Crippen LogP contribution in [0.2, 0.25) is 0 Å². The Balaban J connectivity index is 1.82. The Morgan fingerprint density at radius 1 is 1.36 bits per heavy atom. The van der Waals surface area contributed by atoms with E-state index in [9.17, 15) is 5.11 Å². The fourth-order valence-corrected chi connectivity index (χ4v) is 2.62. The third-order valence-corrected chi connectivity index (χ3v) is 3.72. The van der Waals surface area contributed by atoms with Crippen molar-refractivity contribution in [1.29, 1.82) is 0 Å². The molecule has 1 unspecified atom stereocenters. The SMILES string of the molecule is CC1(O)CCN(CC2(CCN)CC2)C1. The fourth-order valence-electron chi connectivity index (χ4n) is 2.62. The van der Waals surface area contributed by atoms with Crippen molar-refractivity contribution in [1.82, 2.24) is 4.90 Å². The van der Waals surface area contributed by atoms with Gasteiger partial charge < -0.3 is 10.8 Å². The molecular weight excluding hydrogens is 176 g/mol. The van der Waals surface area contributed by atoms with Crippen molar-refractivity contribution in [3.8, 4) is 0 Å². The number of hydrogen-bond acceptors (Lipinski definition) is 3. The van der Waals surface area contributed by atoms with E-state index in [1.807, 2.05) is 6.92 Å². The van der Waals surface area contributed by atoms with Gasteiger partial charge in [0, 0.05) is 19.6 Å². The lowest BCUT2D eigenvalue weighted by atomic mass is 10.0. The van der Waals surface area contributed by atoms with Crippen LogP contribution in [0, 0.1) is 5.41 Å². The summed E-state index contributed by atoms with van der Waals surface area (Å²) in [5.41, 5.74) is 5.69. The summed E-state index contributed by atoms with van der Waals surface area (Å²) in [5.74, 6) is 0. The molecule has 0 amide bonds. The van der Waals surface area contributed by atoms with Crippen LogP contribution in [0.3, 0.4) is 0 Å². The lowest BCUT2D eigenvalue weighted by molar-refractivity contribution is 0.0657. The zero-order chi connectivity index (χ0) is 10.2. The minimum absolute atomic E-state index is 0.446. The summed E-state index contributed by atoms with van der Waals surface area (Å²) in [6.45, 7) is 5.80. The number of nitrogens with zero attached hydrogens (tertiary/aromatic N) is 1. The molecule has 82 valence electrons. The minimum Gasteiger partial charge on any atom is -0.389 e. The second-order valence-corrected chi connectivity index (χ2v) is 5.50. The molecule has 0 aromatic carbocycles. The molecule has 1 saturated heterocycles. The van der Waals surface area contributed by atoms with Gasteiger partial charge in [-0.25, -0.2) is 0 Å². The van der Waals surface area contributed by atoms with Crippen molar-refractivity contribution in [3.05, 3.63) is 0 Å². The zero-order valence-electron chi connectivity index (χ0n) is 9.13. The summed E-state index contributed by atoms with van der Waals surface area (Å²) in [6, 6.07) is 0. The first kappa shape index (κ1) is 10.4. The Morgan fingerprint density at radius 2 is 2.07 bits per heavy atom. The predicted molar refractivity (Wildman–Crippen MR) is 57.0 cm³/mol.